The lowest BCUT2D eigenvalue weighted by Crippen LogP contribution is -2.51. The number of carbonyl (C=O) groups excluding carboxylic acids is 2. The van der Waals surface area contributed by atoms with Crippen LogP contribution in [0.4, 0.5) is 0 Å². The molecule has 1 heterocycles. The van der Waals surface area contributed by atoms with Crippen molar-refractivity contribution in [3.63, 3.8) is 0 Å². The molecular formula is C17H30N2O4. The second-order valence-electron chi connectivity index (χ2n) is 7.46. The van der Waals surface area contributed by atoms with Crippen LogP contribution in [0.1, 0.15) is 53.9 Å². The fraction of sp³-hybridized carbons (Fsp3) is 0.824. The number of carboxylic acid groups (broad SMARTS) is 1. The van der Waals surface area contributed by atoms with Crippen molar-refractivity contribution in [3.05, 3.63) is 0 Å². The van der Waals surface area contributed by atoms with Gasteiger partial charge in [-0.1, -0.05) is 27.7 Å². The minimum atomic E-state index is -1.00. The Balaban J connectivity index is 2.84. The molecule has 0 saturated carbocycles. The summed E-state index contributed by atoms with van der Waals surface area (Å²) in [4.78, 5) is 39.5. The summed E-state index contributed by atoms with van der Waals surface area (Å²) in [6.45, 7) is 10.2. The van der Waals surface area contributed by atoms with Crippen LogP contribution in [0, 0.1) is 11.3 Å². The summed E-state index contributed by atoms with van der Waals surface area (Å²) in [5.41, 5.74) is -0.470. The van der Waals surface area contributed by atoms with Gasteiger partial charge in [-0.2, -0.15) is 0 Å². The van der Waals surface area contributed by atoms with Crippen molar-refractivity contribution in [2.75, 3.05) is 19.6 Å². The van der Waals surface area contributed by atoms with Crippen molar-refractivity contribution in [1.29, 1.82) is 0 Å². The van der Waals surface area contributed by atoms with E-state index in [0.29, 0.717) is 25.9 Å². The highest BCUT2D eigenvalue weighted by Gasteiger charge is 2.36. The maximum atomic E-state index is 12.8. The van der Waals surface area contributed by atoms with E-state index in [-0.39, 0.29) is 30.3 Å². The van der Waals surface area contributed by atoms with Crippen LogP contribution in [0.3, 0.4) is 0 Å². The molecule has 1 fully saturated rings. The van der Waals surface area contributed by atoms with Crippen molar-refractivity contribution in [2.45, 2.75) is 59.9 Å². The van der Waals surface area contributed by atoms with Gasteiger partial charge in [0.1, 0.15) is 6.54 Å². The quantitative estimate of drug-likeness (QED) is 0.838. The van der Waals surface area contributed by atoms with Crippen LogP contribution in [-0.4, -0.2) is 58.4 Å². The van der Waals surface area contributed by atoms with Crippen molar-refractivity contribution < 1.29 is 19.5 Å². The molecule has 2 atom stereocenters. The normalized spacial score (nSPS) is 20.0. The third kappa shape index (κ3) is 5.22. The van der Waals surface area contributed by atoms with Gasteiger partial charge in [-0.25, -0.2) is 0 Å². The monoisotopic (exact) mass is 326 g/mol. The summed E-state index contributed by atoms with van der Waals surface area (Å²) < 4.78 is 0. The van der Waals surface area contributed by atoms with Crippen molar-refractivity contribution in [3.8, 4) is 0 Å². The molecule has 0 aromatic heterocycles. The van der Waals surface area contributed by atoms with E-state index >= 15 is 0 Å². The molecule has 0 spiro atoms. The summed E-state index contributed by atoms with van der Waals surface area (Å²) in [5, 5.41) is 9.06. The number of hydrogen-bond acceptors (Lipinski definition) is 3. The smallest absolute Gasteiger partial charge is 0.323 e. The molecule has 0 radical (unpaired) electrons. The lowest BCUT2D eigenvalue weighted by Gasteiger charge is -2.38. The zero-order valence-corrected chi connectivity index (χ0v) is 15.0. The predicted molar refractivity (Wildman–Crippen MR) is 87.9 cm³/mol. The van der Waals surface area contributed by atoms with Gasteiger partial charge in [0.25, 0.3) is 0 Å². The molecule has 2 amide bonds. The number of carboxylic acids is 1. The van der Waals surface area contributed by atoms with Crippen LogP contribution in [0.25, 0.3) is 0 Å². The van der Waals surface area contributed by atoms with Crippen molar-refractivity contribution in [2.24, 2.45) is 11.3 Å². The molecule has 0 aromatic rings. The Kier molecular flexibility index (Phi) is 6.59. The van der Waals surface area contributed by atoms with Gasteiger partial charge in [0, 0.05) is 24.5 Å². The molecule has 0 aliphatic carbocycles. The fourth-order valence-electron chi connectivity index (χ4n) is 2.89. The number of likely N-dealkylation sites (tertiary alicyclic amines) is 1. The van der Waals surface area contributed by atoms with Gasteiger partial charge in [0.15, 0.2) is 0 Å². The topological polar surface area (TPSA) is 77.9 Å². The first kappa shape index (κ1) is 19.5. The van der Waals surface area contributed by atoms with Crippen LogP contribution in [0.2, 0.25) is 0 Å². The maximum Gasteiger partial charge on any atom is 0.323 e. The average Bonchev–Trinajstić information content (AvgIpc) is 2.49. The summed E-state index contributed by atoms with van der Waals surface area (Å²) in [6, 6.07) is -0.118. The lowest BCUT2D eigenvalue weighted by molar-refractivity contribution is -0.151. The molecule has 2 unspecified atom stereocenters. The van der Waals surface area contributed by atoms with Crippen molar-refractivity contribution >= 4 is 17.8 Å². The fourth-order valence-corrected chi connectivity index (χ4v) is 2.89. The molecule has 1 aliphatic heterocycles. The molecule has 23 heavy (non-hydrogen) atoms. The Morgan fingerprint density at radius 2 is 1.91 bits per heavy atom. The first-order valence-electron chi connectivity index (χ1n) is 8.39. The van der Waals surface area contributed by atoms with Crippen LogP contribution in [0.15, 0.2) is 0 Å². The standard InChI is InChI=1S/C17H30N2O4/c1-6-12(2)19(11-14(20)21)15(22)13-8-7-9-18(10-13)16(23)17(3,4)5/h12-13H,6-11H2,1-5H3,(H,20,21). The van der Waals surface area contributed by atoms with Gasteiger partial charge < -0.3 is 14.9 Å². The van der Waals surface area contributed by atoms with E-state index in [1.165, 1.54) is 4.90 Å². The number of amides is 2. The van der Waals surface area contributed by atoms with Crippen LogP contribution in [0.5, 0.6) is 0 Å². The van der Waals surface area contributed by atoms with E-state index in [2.05, 4.69) is 0 Å². The molecule has 6 nitrogen and oxygen atoms in total. The Labute approximate surface area is 138 Å². The van der Waals surface area contributed by atoms with E-state index in [0.717, 1.165) is 6.42 Å². The third-order valence-corrected chi connectivity index (χ3v) is 4.41. The highest BCUT2D eigenvalue weighted by atomic mass is 16.4. The average molecular weight is 326 g/mol. The third-order valence-electron chi connectivity index (χ3n) is 4.41. The van der Waals surface area contributed by atoms with Gasteiger partial charge in [-0.15, -0.1) is 0 Å². The van der Waals surface area contributed by atoms with Gasteiger partial charge >= 0.3 is 5.97 Å². The lowest BCUT2D eigenvalue weighted by atomic mass is 9.90. The summed E-state index contributed by atoms with van der Waals surface area (Å²) in [7, 11) is 0. The van der Waals surface area contributed by atoms with E-state index in [1.807, 2.05) is 34.6 Å². The molecule has 0 aromatic carbocycles. The Morgan fingerprint density at radius 1 is 1.30 bits per heavy atom. The Morgan fingerprint density at radius 3 is 2.39 bits per heavy atom. The molecule has 1 N–H and O–H groups in total. The minimum absolute atomic E-state index is 0.0447. The summed E-state index contributed by atoms with van der Waals surface area (Å²) in [6.07, 6.45) is 2.19. The predicted octanol–water partition coefficient (Wildman–Crippen LogP) is 1.98. The van der Waals surface area contributed by atoms with Crippen LogP contribution < -0.4 is 0 Å². The minimum Gasteiger partial charge on any atom is -0.480 e. The number of hydrogen-bond donors (Lipinski definition) is 1. The summed E-state index contributed by atoms with van der Waals surface area (Å²) >= 11 is 0. The van der Waals surface area contributed by atoms with Gasteiger partial charge in [0.05, 0.1) is 5.92 Å². The largest absolute Gasteiger partial charge is 0.480 e. The molecule has 1 rings (SSSR count). The van der Waals surface area contributed by atoms with Crippen molar-refractivity contribution in [1.82, 2.24) is 9.80 Å². The molecule has 132 valence electrons. The summed E-state index contributed by atoms with van der Waals surface area (Å²) in [5.74, 6) is -1.41. The second kappa shape index (κ2) is 7.79. The SMILES string of the molecule is CCC(C)N(CC(=O)O)C(=O)C1CCCN(C(=O)C(C)(C)C)C1. The molecular weight excluding hydrogens is 296 g/mol. The number of carbonyl (C=O) groups is 3. The first-order chi connectivity index (χ1) is 10.6. The van der Waals surface area contributed by atoms with Gasteiger partial charge in [0.2, 0.25) is 11.8 Å². The molecule has 0 bridgehead atoms. The van der Waals surface area contributed by atoms with E-state index in [9.17, 15) is 14.4 Å². The number of rotatable bonds is 5. The van der Waals surface area contributed by atoms with Gasteiger partial charge in [-0.05, 0) is 26.2 Å². The zero-order valence-electron chi connectivity index (χ0n) is 15.0. The Bertz CT molecular complexity index is 456. The first-order valence-corrected chi connectivity index (χ1v) is 8.39. The second-order valence-corrected chi connectivity index (χ2v) is 7.46. The molecule has 1 saturated heterocycles. The highest BCUT2D eigenvalue weighted by Crippen LogP contribution is 2.25. The Hall–Kier alpha value is -1.59. The zero-order chi connectivity index (χ0) is 17.8. The number of aliphatic carboxylic acids is 1. The van der Waals surface area contributed by atoms with E-state index in [1.54, 1.807) is 4.90 Å². The van der Waals surface area contributed by atoms with Crippen LogP contribution in [-0.2, 0) is 14.4 Å². The van der Waals surface area contributed by atoms with E-state index in [4.69, 9.17) is 5.11 Å². The van der Waals surface area contributed by atoms with Gasteiger partial charge in [-0.3, -0.25) is 14.4 Å². The maximum absolute atomic E-state index is 12.8. The highest BCUT2D eigenvalue weighted by molar-refractivity contribution is 5.85. The molecule has 6 heteroatoms. The number of nitrogens with zero attached hydrogens (tertiary/aromatic N) is 2. The number of piperidine rings is 1. The molecule has 1 aliphatic rings. The van der Waals surface area contributed by atoms with Crippen LogP contribution >= 0.6 is 0 Å². The van der Waals surface area contributed by atoms with E-state index < -0.39 is 11.4 Å².